The fraction of sp³-hybridized carbons (Fsp3) is 0.105. The van der Waals surface area contributed by atoms with E-state index in [4.69, 9.17) is 5.73 Å². The molecule has 1 aromatic heterocycles. The van der Waals surface area contributed by atoms with Crippen molar-refractivity contribution in [3.8, 4) is 0 Å². The Kier molecular flexibility index (Phi) is 4.98. The first-order chi connectivity index (χ1) is 12.6. The lowest BCUT2D eigenvalue weighted by molar-refractivity contribution is 0.0601. The van der Waals surface area contributed by atoms with Crippen LogP contribution < -0.4 is 16.4 Å². The molecule has 26 heavy (non-hydrogen) atoms. The van der Waals surface area contributed by atoms with Gasteiger partial charge in [-0.3, -0.25) is 0 Å². The van der Waals surface area contributed by atoms with Crippen molar-refractivity contribution >= 4 is 34.7 Å². The number of anilines is 5. The van der Waals surface area contributed by atoms with Crippen molar-refractivity contribution in [2.75, 3.05) is 23.5 Å². The molecule has 1 heterocycles. The number of nitrogen functional groups attached to an aromatic ring is 1. The molecule has 0 unspecified atom stereocenters. The molecule has 0 saturated heterocycles. The maximum Gasteiger partial charge on any atom is 0.337 e. The van der Waals surface area contributed by atoms with Gasteiger partial charge in [0.25, 0.3) is 0 Å². The standard InChI is InChI=1S/C19H19N5O2/c1-12-5-3-4-6-15(12)24-18-16(20)17(21-11-22-18)23-14-9-7-13(8-10-14)19(25)26-2/h3-11H,20H2,1-2H3,(H2,21,22,23,24). The van der Waals surface area contributed by atoms with Crippen LogP contribution in [0.5, 0.6) is 0 Å². The first kappa shape index (κ1) is 17.2. The van der Waals surface area contributed by atoms with Crippen LogP contribution in [-0.2, 0) is 4.74 Å². The summed E-state index contributed by atoms with van der Waals surface area (Å²) in [6, 6.07) is 14.7. The first-order valence-corrected chi connectivity index (χ1v) is 7.97. The zero-order chi connectivity index (χ0) is 18.5. The molecule has 0 saturated carbocycles. The van der Waals surface area contributed by atoms with E-state index in [1.165, 1.54) is 13.4 Å². The molecule has 4 N–H and O–H groups in total. The van der Waals surface area contributed by atoms with Crippen LogP contribution >= 0.6 is 0 Å². The normalized spacial score (nSPS) is 10.2. The number of para-hydroxylation sites is 1. The largest absolute Gasteiger partial charge is 0.465 e. The van der Waals surface area contributed by atoms with Gasteiger partial charge in [0.15, 0.2) is 11.6 Å². The highest BCUT2D eigenvalue weighted by Crippen LogP contribution is 2.29. The van der Waals surface area contributed by atoms with E-state index in [2.05, 4.69) is 25.3 Å². The predicted octanol–water partition coefficient (Wildman–Crippen LogP) is 3.64. The van der Waals surface area contributed by atoms with Crippen molar-refractivity contribution in [1.82, 2.24) is 9.97 Å². The highest BCUT2D eigenvalue weighted by molar-refractivity contribution is 5.90. The van der Waals surface area contributed by atoms with E-state index in [1.807, 2.05) is 31.2 Å². The van der Waals surface area contributed by atoms with Gasteiger partial charge in [-0.1, -0.05) is 18.2 Å². The smallest absolute Gasteiger partial charge is 0.337 e. The number of carbonyl (C=O) groups excluding carboxylic acids is 1. The van der Waals surface area contributed by atoms with E-state index >= 15 is 0 Å². The number of benzene rings is 2. The monoisotopic (exact) mass is 349 g/mol. The third-order valence-electron chi connectivity index (χ3n) is 3.85. The number of nitrogens with one attached hydrogen (secondary N) is 2. The summed E-state index contributed by atoms with van der Waals surface area (Å²) in [4.78, 5) is 19.9. The topological polar surface area (TPSA) is 102 Å². The summed E-state index contributed by atoms with van der Waals surface area (Å²) in [6.07, 6.45) is 1.43. The van der Waals surface area contributed by atoms with Gasteiger partial charge < -0.3 is 21.1 Å². The Morgan fingerprint density at radius 2 is 1.65 bits per heavy atom. The minimum Gasteiger partial charge on any atom is -0.465 e. The Morgan fingerprint density at radius 1 is 1.00 bits per heavy atom. The highest BCUT2D eigenvalue weighted by atomic mass is 16.5. The lowest BCUT2D eigenvalue weighted by Gasteiger charge is -2.14. The number of ether oxygens (including phenoxy) is 1. The lowest BCUT2D eigenvalue weighted by atomic mass is 10.2. The van der Waals surface area contributed by atoms with E-state index in [9.17, 15) is 4.79 Å². The number of aromatic nitrogens is 2. The quantitative estimate of drug-likeness (QED) is 0.604. The van der Waals surface area contributed by atoms with Crippen LogP contribution in [0, 0.1) is 6.92 Å². The molecular formula is C19H19N5O2. The van der Waals surface area contributed by atoms with Crippen LogP contribution in [0.15, 0.2) is 54.9 Å². The summed E-state index contributed by atoms with van der Waals surface area (Å²) >= 11 is 0. The summed E-state index contributed by atoms with van der Waals surface area (Å²) in [6.45, 7) is 2.00. The second-order valence-corrected chi connectivity index (χ2v) is 5.62. The zero-order valence-corrected chi connectivity index (χ0v) is 14.5. The van der Waals surface area contributed by atoms with Crippen LogP contribution in [0.4, 0.5) is 28.7 Å². The molecule has 0 aliphatic heterocycles. The second-order valence-electron chi connectivity index (χ2n) is 5.62. The van der Waals surface area contributed by atoms with Crippen LogP contribution in [0.3, 0.4) is 0 Å². The van der Waals surface area contributed by atoms with E-state index in [1.54, 1.807) is 24.3 Å². The number of rotatable bonds is 5. The van der Waals surface area contributed by atoms with E-state index in [0.29, 0.717) is 22.9 Å². The summed E-state index contributed by atoms with van der Waals surface area (Å²) in [5.41, 5.74) is 9.81. The lowest BCUT2D eigenvalue weighted by Crippen LogP contribution is -2.06. The molecule has 0 aliphatic carbocycles. The van der Waals surface area contributed by atoms with Crippen LogP contribution in [0.25, 0.3) is 0 Å². The van der Waals surface area contributed by atoms with Gasteiger partial charge in [0.2, 0.25) is 0 Å². The van der Waals surface area contributed by atoms with Gasteiger partial charge in [-0.25, -0.2) is 14.8 Å². The Bertz CT molecular complexity index is 925. The van der Waals surface area contributed by atoms with Gasteiger partial charge in [0.1, 0.15) is 12.0 Å². The zero-order valence-electron chi connectivity index (χ0n) is 14.5. The van der Waals surface area contributed by atoms with Gasteiger partial charge in [-0.05, 0) is 42.8 Å². The van der Waals surface area contributed by atoms with Crippen LogP contribution in [0.2, 0.25) is 0 Å². The van der Waals surface area contributed by atoms with Gasteiger partial charge >= 0.3 is 5.97 Å². The fourth-order valence-electron chi connectivity index (χ4n) is 2.38. The van der Waals surface area contributed by atoms with E-state index in [0.717, 1.165) is 16.9 Å². The van der Waals surface area contributed by atoms with Crippen LogP contribution in [-0.4, -0.2) is 23.0 Å². The third kappa shape index (κ3) is 3.72. The fourth-order valence-corrected chi connectivity index (χ4v) is 2.38. The average molecular weight is 349 g/mol. The molecule has 0 aliphatic rings. The van der Waals surface area contributed by atoms with Gasteiger partial charge in [0.05, 0.1) is 12.7 Å². The van der Waals surface area contributed by atoms with Crippen LogP contribution in [0.1, 0.15) is 15.9 Å². The summed E-state index contributed by atoms with van der Waals surface area (Å²) in [7, 11) is 1.35. The summed E-state index contributed by atoms with van der Waals surface area (Å²) < 4.78 is 4.69. The minimum absolute atomic E-state index is 0.386. The third-order valence-corrected chi connectivity index (χ3v) is 3.85. The van der Waals surface area contributed by atoms with Crippen molar-refractivity contribution in [3.63, 3.8) is 0 Å². The number of methoxy groups -OCH3 is 1. The molecule has 3 aromatic rings. The molecule has 0 spiro atoms. The minimum atomic E-state index is -0.386. The molecule has 0 fully saturated rings. The molecular weight excluding hydrogens is 330 g/mol. The number of carbonyl (C=O) groups is 1. The molecule has 0 atom stereocenters. The van der Waals surface area contributed by atoms with Crippen molar-refractivity contribution < 1.29 is 9.53 Å². The molecule has 0 bridgehead atoms. The Morgan fingerprint density at radius 3 is 2.31 bits per heavy atom. The predicted molar refractivity (Wildman–Crippen MR) is 102 cm³/mol. The molecule has 132 valence electrons. The average Bonchev–Trinajstić information content (AvgIpc) is 2.66. The van der Waals surface area contributed by atoms with Crippen molar-refractivity contribution in [2.24, 2.45) is 0 Å². The number of nitrogens with zero attached hydrogens (tertiary/aromatic N) is 2. The number of nitrogens with two attached hydrogens (primary N) is 1. The molecule has 0 amide bonds. The second kappa shape index (κ2) is 7.52. The number of hydrogen-bond donors (Lipinski definition) is 3. The van der Waals surface area contributed by atoms with Gasteiger partial charge in [0, 0.05) is 11.4 Å². The number of hydrogen-bond acceptors (Lipinski definition) is 7. The van der Waals surface area contributed by atoms with Crippen molar-refractivity contribution in [2.45, 2.75) is 6.92 Å². The molecule has 3 rings (SSSR count). The first-order valence-electron chi connectivity index (χ1n) is 7.97. The Labute approximate surface area is 151 Å². The number of esters is 1. The number of aryl methyl sites for hydroxylation is 1. The Balaban J connectivity index is 1.81. The maximum absolute atomic E-state index is 11.5. The van der Waals surface area contributed by atoms with Crippen molar-refractivity contribution in [1.29, 1.82) is 0 Å². The molecule has 0 radical (unpaired) electrons. The van der Waals surface area contributed by atoms with E-state index < -0.39 is 0 Å². The molecule has 7 heteroatoms. The summed E-state index contributed by atoms with van der Waals surface area (Å²) in [5, 5.41) is 6.35. The van der Waals surface area contributed by atoms with Crippen molar-refractivity contribution in [3.05, 3.63) is 66.0 Å². The molecule has 7 nitrogen and oxygen atoms in total. The highest BCUT2D eigenvalue weighted by Gasteiger charge is 2.10. The Hall–Kier alpha value is -3.61. The van der Waals surface area contributed by atoms with Gasteiger partial charge in [-0.15, -0.1) is 0 Å². The van der Waals surface area contributed by atoms with E-state index in [-0.39, 0.29) is 5.97 Å². The maximum atomic E-state index is 11.5. The summed E-state index contributed by atoms with van der Waals surface area (Å²) in [5.74, 6) is 0.604. The molecule has 2 aromatic carbocycles. The van der Waals surface area contributed by atoms with Gasteiger partial charge in [-0.2, -0.15) is 0 Å². The SMILES string of the molecule is COC(=O)c1ccc(Nc2ncnc(Nc3ccccc3C)c2N)cc1.